The number of urea groups is 1. The molecule has 1 aliphatic rings. The number of sulfone groups is 1. The predicted molar refractivity (Wildman–Crippen MR) is 123 cm³/mol. The Bertz CT molecular complexity index is 1110. The monoisotopic (exact) mass is 476 g/mol. The van der Waals surface area contributed by atoms with E-state index in [0.29, 0.717) is 18.8 Å². The highest BCUT2D eigenvalue weighted by Gasteiger charge is 2.30. The van der Waals surface area contributed by atoms with E-state index in [1.807, 2.05) is 38.1 Å². The van der Waals surface area contributed by atoms with Gasteiger partial charge in [-0.05, 0) is 36.2 Å². The van der Waals surface area contributed by atoms with E-state index < -0.39 is 27.5 Å². The number of ether oxygens (including phenoxy) is 1. The van der Waals surface area contributed by atoms with E-state index in [1.54, 1.807) is 17.0 Å². The number of hydrogen-bond acceptors (Lipinski definition) is 5. The Morgan fingerprint density at radius 1 is 1.15 bits per heavy atom. The molecule has 9 heteroatoms. The SMILES string of the molecule is CC(F)COc1cccc(S(=O)(=O)CC(C)(C)c2ccc(CN3CCC(=O)NC3=O)cc2)c1. The number of imide groups is 1. The van der Waals surface area contributed by atoms with E-state index in [4.69, 9.17) is 4.74 Å². The Labute approximate surface area is 193 Å². The molecule has 0 saturated carbocycles. The van der Waals surface area contributed by atoms with E-state index >= 15 is 0 Å². The summed E-state index contributed by atoms with van der Waals surface area (Å²) in [4.78, 5) is 24.9. The van der Waals surface area contributed by atoms with Gasteiger partial charge in [-0.3, -0.25) is 10.1 Å². The molecule has 1 fully saturated rings. The van der Waals surface area contributed by atoms with Gasteiger partial charge in [0.1, 0.15) is 18.5 Å². The number of benzene rings is 2. The molecule has 2 aromatic carbocycles. The van der Waals surface area contributed by atoms with Gasteiger partial charge in [0.2, 0.25) is 5.91 Å². The molecule has 33 heavy (non-hydrogen) atoms. The van der Waals surface area contributed by atoms with Crippen LogP contribution in [0.25, 0.3) is 0 Å². The van der Waals surface area contributed by atoms with Crippen molar-refractivity contribution in [2.75, 3.05) is 18.9 Å². The molecular formula is C24H29FN2O5S. The summed E-state index contributed by atoms with van der Waals surface area (Å²) in [7, 11) is -3.64. The lowest BCUT2D eigenvalue weighted by Gasteiger charge is -2.28. The third-order valence-corrected chi connectivity index (χ3v) is 7.52. The van der Waals surface area contributed by atoms with Gasteiger partial charge in [-0.25, -0.2) is 17.6 Å². The quantitative estimate of drug-likeness (QED) is 0.597. The maximum Gasteiger partial charge on any atom is 0.324 e. The lowest BCUT2D eigenvalue weighted by molar-refractivity contribution is -0.121. The molecule has 0 aliphatic carbocycles. The Balaban J connectivity index is 1.70. The third kappa shape index (κ3) is 6.54. The zero-order valence-corrected chi connectivity index (χ0v) is 19.8. The van der Waals surface area contributed by atoms with Crippen LogP contribution in [0.1, 0.15) is 38.3 Å². The van der Waals surface area contributed by atoms with Crippen LogP contribution in [0.4, 0.5) is 9.18 Å². The van der Waals surface area contributed by atoms with Gasteiger partial charge in [0.25, 0.3) is 0 Å². The van der Waals surface area contributed by atoms with Gasteiger partial charge < -0.3 is 9.64 Å². The van der Waals surface area contributed by atoms with E-state index in [9.17, 15) is 22.4 Å². The molecule has 3 amide bonds. The summed E-state index contributed by atoms with van der Waals surface area (Å²) in [6, 6.07) is 13.1. The summed E-state index contributed by atoms with van der Waals surface area (Å²) in [5.41, 5.74) is 1.04. The molecule has 0 bridgehead atoms. The fraction of sp³-hybridized carbons (Fsp3) is 0.417. The van der Waals surface area contributed by atoms with Crippen molar-refractivity contribution in [1.29, 1.82) is 0 Å². The molecule has 1 saturated heterocycles. The average molecular weight is 477 g/mol. The summed E-state index contributed by atoms with van der Waals surface area (Å²) in [5.74, 6) is -0.0892. The van der Waals surface area contributed by atoms with Crippen molar-refractivity contribution in [3.63, 3.8) is 0 Å². The topological polar surface area (TPSA) is 92.8 Å². The van der Waals surface area contributed by atoms with Crippen LogP contribution < -0.4 is 10.1 Å². The van der Waals surface area contributed by atoms with Crippen molar-refractivity contribution in [3.8, 4) is 5.75 Å². The summed E-state index contributed by atoms with van der Waals surface area (Å²) in [6.07, 6.45) is -0.882. The predicted octanol–water partition coefficient (Wildman–Crippen LogP) is 3.62. The van der Waals surface area contributed by atoms with Crippen molar-refractivity contribution < 1.29 is 27.1 Å². The maximum absolute atomic E-state index is 13.1. The Hall–Kier alpha value is -2.94. The van der Waals surface area contributed by atoms with Crippen molar-refractivity contribution >= 4 is 21.8 Å². The minimum absolute atomic E-state index is 0.126. The number of halogens is 1. The highest BCUT2D eigenvalue weighted by Crippen LogP contribution is 2.29. The highest BCUT2D eigenvalue weighted by molar-refractivity contribution is 7.91. The van der Waals surface area contributed by atoms with E-state index in [-0.39, 0.29) is 29.6 Å². The maximum atomic E-state index is 13.1. The van der Waals surface area contributed by atoms with Crippen molar-refractivity contribution in [1.82, 2.24) is 10.2 Å². The van der Waals surface area contributed by atoms with Crippen LogP contribution in [0, 0.1) is 0 Å². The molecule has 1 aliphatic heterocycles. The second-order valence-electron chi connectivity index (χ2n) is 8.93. The zero-order chi connectivity index (χ0) is 24.2. The van der Waals surface area contributed by atoms with Crippen LogP contribution in [0.3, 0.4) is 0 Å². The molecule has 0 radical (unpaired) electrons. The second-order valence-corrected chi connectivity index (χ2v) is 10.9. The first-order valence-corrected chi connectivity index (χ1v) is 12.4. The Morgan fingerprint density at radius 3 is 2.48 bits per heavy atom. The summed E-state index contributed by atoms with van der Waals surface area (Å²) in [5, 5.41) is 2.30. The van der Waals surface area contributed by atoms with Crippen LogP contribution in [-0.2, 0) is 26.6 Å². The molecule has 3 rings (SSSR count). The molecule has 0 spiro atoms. The second kappa shape index (κ2) is 9.91. The zero-order valence-electron chi connectivity index (χ0n) is 19.0. The first-order chi connectivity index (χ1) is 15.5. The normalized spacial score (nSPS) is 15.8. The lowest BCUT2D eigenvalue weighted by Crippen LogP contribution is -2.48. The fourth-order valence-electron chi connectivity index (χ4n) is 3.64. The van der Waals surface area contributed by atoms with Gasteiger partial charge in [-0.2, -0.15) is 0 Å². The number of alkyl halides is 1. The Morgan fingerprint density at radius 2 is 1.85 bits per heavy atom. The van der Waals surface area contributed by atoms with Crippen LogP contribution in [-0.4, -0.2) is 50.3 Å². The number of carbonyl (C=O) groups excluding carboxylic acids is 2. The van der Waals surface area contributed by atoms with E-state index in [1.165, 1.54) is 19.1 Å². The number of nitrogens with zero attached hydrogens (tertiary/aromatic N) is 1. The number of carbonyl (C=O) groups is 2. The minimum atomic E-state index is -3.64. The summed E-state index contributed by atoms with van der Waals surface area (Å²) < 4.78 is 44.6. The molecule has 178 valence electrons. The first kappa shape index (κ1) is 24.7. The van der Waals surface area contributed by atoms with E-state index in [2.05, 4.69) is 5.32 Å². The number of hydrogen-bond donors (Lipinski definition) is 1. The van der Waals surface area contributed by atoms with Crippen molar-refractivity contribution in [2.24, 2.45) is 0 Å². The molecule has 1 heterocycles. The number of amides is 3. The van der Waals surface area contributed by atoms with Gasteiger partial charge in [-0.15, -0.1) is 0 Å². The fourth-order valence-corrected chi connectivity index (χ4v) is 5.51. The number of rotatable bonds is 9. The third-order valence-electron chi connectivity index (χ3n) is 5.45. The average Bonchev–Trinajstić information content (AvgIpc) is 2.74. The molecule has 1 N–H and O–H groups in total. The molecular weight excluding hydrogens is 447 g/mol. The standard InChI is InChI=1S/C24H29FN2O5S/c1-17(25)15-32-20-5-4-6-21(13-20)33(30,31)16-24(2,3)19-9-7-18(8-10-19)14-27-12-11-22(28)26-23(27)29/h4-10,13,17H,11-12,14-16H2,1-3H3,(H,26,28,29). The highest BCUT2D eigenvalue weighted by atomic mass is 32.2. The van der Waals surface area contributed by atoms with Gasteiger partial charge in [0.15, 0.2) is 9.84 Å². The minimum Gasteiger partial charge on any atom is -0.491 e. The van der Waals surface area contributed by atoms with E-state index in [0.717, 1.165) is 11.1 Å². The van der Waals surface area contributed by atoms with Crippen molar-refractivity contribution in [2.45, 2.75) is 50.2 Å². The van der Waals surface area contributed by atoms with Gasteiger partial charge in [0.05, 0.1) is 10.6 Å². The van der Waals surface area contributed by atoms with Crippen LogP contribution >= 0.6 is 0 Å². The van der Waals surface area contributed by atoms with Crippen molar-refractivity contribution in [3.05, 3.63) is 59.7 Å². The molecule has 2 aromatic rings. The first-order valence-electron chi connectivity index (χ1n) is 10.7. The van der Waals surface area contributed by atoms with Gasteiger partial charge >= 0.3 is 6.03 Å². The van der Waals surface area contributed by atoms with Crippen LogP contribution in [0.2, 0.25) is 0 Å². The summed E-state index contributed by atoms with van der Waals surface area (Å²) in [6.45, 7) is 5.67. The van der Waals surface area contributed by atoms with Crippen LogP contribution in [0.5, 0.6) is 5.75 Å². The summed E-state index contributed by atoms with van der Waals surface area (Å²) >= 11 is 0. The number of nitrogens with one attached hydrogen (secondary N) is 1. The smallest absolute Gasteiger partial charge is 0.324 e. The molecule has 0 aromatic heterocycles. The molecule has 7 nitrogen and oxygen atoms in total. The Kier molecular flexibility index (Phi) is 7.41. The van der Waals surface area contributed by atoms with Gasteiger partial charge in [-0.1, -0.05) is 44.2 Å². The largest absolute Gasteiger partial charge is 0.491 e. The lowest BCUT2D eigenvalue weighted by atomic mass is 9.86. The molecule has 1 unspecified atom stereocenters. The van der Waals surface area contributed by atoms with Crippen LogP contribution in [0.15, 0.2) is 53.4 Å². The van der Waals surface area contributed by atoms with Gasteiger partial charge in [0, 0.05) is 24.9 Å². The molecule has 1 atom stereocenters.